The third-order valence-electron chi connectivity index (χ3n) is 6.65. The fourth-order valence-corrected chi connectivity index (χ4v) is 5.67. The Kier molecular flexibility index (Phi) is 9.38. The second kappa shape index (κ2) is 12.5. The van der Waals surface area contributed by atoms with Gasteiger partial charge in [-0.05, 0) is 33.3 Å². The maximum Gasteiger partial charge on any atom is 0.318 e. The fraction of sp³-hybridized carbons (Fsp3) is 0.556. The van der Waals surface area contributed by atoms with Crippen LogP contribution in [0, 0.1) is 0 Å². The molecule has 2 fully saturated rings. The van der Waals surface area contributed by atoms with Crippen molar-refractivity contribution >= 4 is 41.1 Å². The zero-order valence-electron chi connectivity index (χ0n) is 22.7. The van der Waals surface area contributed by atoms with E-state index in [-0.39, 0.29) is 29.3 Å². The van der Waals surface area contributed by atoms with Crippen molar-refractivity contribution in [2.45, 2.75) is 51.0 Å². The first-order chi connectivity index (χ1) is 18.1. The number of hydrogen-bond acceptors (Lipinski definition) is 7. The van der Waals surface area contributed by atoms with Gasteiger partial charge >= 0.3 is 6.03 Å². The first-order valence-corrected chi connectivity index (χ1v) is 14.5. The van der Waals surface area contributed by atoms with E-state index < -0.39 is 0 Å². The summed E-state index contributed by atoms with van der Waals surface area (Å²) in [4.78, 5) is 42.9. The van der Waals surface area contributed by atoms with Crippen LogP contribution >= 0.6 is 23.4 Å². The molecule has 2 aliphatic rings. The first kappa shape index (κ1) is 28.4. The first-order valence-electron chi connectivity index (χ1n) is 13.1. The van der Waals surface area contributed by atoms with Gasteiger partial charge in [-0.2, -0.15) is 0 Å². The molecule has 0 radical (unpaired) electrons. The number of carbonyl (C=O) groups excluding carboxylic acids is 2. The van der Waals surface area contributed by atoms with E-state index in [9.17, 15) is 9.59 Å². The lowest BCUT2D eigenvalue weighted by atomic mass is 10.1. The number of carbonyl (C=O) groups is 2. The molecule has 0 saturated carbocycles. The summed E-state index contributed by atoms with van der Waals surface area (Å²) < 4.78 is 0. The average molecular weight is 560 g/mol. The molecule has 2 saturated heterocycles. The molecule has 0 spiro atoms. The lowest BCUT2D eigenvalue weighted by Gasteiger charge is -2.41. The number of nitrogens with zero attached hydrogens (tertiary/aromatic N) is 6. The van der Waals surface area contributed by atoms with Crippen LogP contribution in [-0.4, -0.2) is 99.8 Å². The third kappa shape index (κ3) is 7.97. The van der Waals surface area contributed by atoms with Crippen molar-refractivity contribution in [3.05, 3.63) is 47.1 Å². The molecule has 1 N–H and O–H groups in total. The minimum Gasteiger partial charge on any atom is -0.353 e. The topological polar surface area (TPSA) is 84.9 Å². The average Bonchev–Trinajstić information content (AvgIpc) is 2.87. The Bertz CT molecular complexity index is 1110. The highest BCUT2D eigenvalue weighted by Crippen LogP contribution is 2.25. The van der Waals surface area contributed by atoms with Gasteiger partial charge < -0.3 is 20.0 Å². The smallest absolute Gasteiger partial charge is 0.318 e. The van der Waals surface area contributed by atoms with Gasteiger partial charge in [-0.15, -0.1) is 0 Å². The molecule has 38 heavy (non-hydrogen) atoms. The molecule has 1 aromatic carbocycles. The Hall–Kier alpha value is -2.56. The quantitative estimate of drug-likeness (QED) is 0.329. The molecule has 11 heteroatoms. The van der Waals surface area contributed by atoms with Crippen molar-refractivity contribution < 1.29 is 9.59 Å². The lowest BCUT2D eigenvalue weighted by Crippen LogP contribution is -2.59. The summed E-state index contributed by atoms with van der Waals surface area (Å²) in [6.45, 7) is 13.9. The minimum absolute atomic E-state index is 0.0121. The largest absolute Gasteiger partial charge is 0.353 e. The summed E-state index contributed by atoms with van der Waals surface area (Å²) in [6, 6.07) is 12.1. The number of hydrogen-bond donors (Lipinski definition) is 1. The van der Waals surface area contributed by atoms with Crippen LogP contribution in [0.1, 0.15) is 33.3 Å². The van der Waals surface area contributed by atoms with Crippen LogP contribution in [0.25, 0.3) is 0 Å². The van der Waals surface area contributed by atoms with Gasteiger partial charge in [0.15, 0.2) is 5.16 Å². The fourth-order valence-electron chi connectivity index (χ4n) is 4.69. The third-order valence-corrected chi connectivity index (χ3v) is 7.68. The number of thioether (sulfide) groups is 1. The Morgan fingerprint density at radius 3 is 2.42 bits per heavy atom. The summed E-state index contributed by atoms with van der Waals surface area (Å²) in [5.74, 6) is 1.08. The highest BCUT2D eigenvalue weighted by molar-refractivity contribution is 7.99. The molecule has 1 atom stereocenters. The molecular weight excluding hydrogens is 522 g/mol. The number of halogens is 1. The van der Waals surface area contributed by atoms with E-state index in [1.807, 2.05) is 43.6 Å². The van der Waals surface area contributed by atoms with Crippen LogP contribution in [-0.2, 0) is 11.3 Å². The summed E-state index contributed by atoms with van der Waals surface area (Å²) in [6.07, 6.45) is 0. The molecule has 206 valence electrons. The van der Waals surface area contributed by atoms with E-state index in [0.29, 0.717) is 29.9 Å². The van der Waals surface area contributed by atoms with Crippen LogP contribution < -0.4 is 10.2 Å². The van der Waals surface area contributed by atoms with Gasteiger partial charge in [0.05, 0.1) is 5.75 Å². The molecule has 0 unspecified atom stereocenters. The normalized spacial score (nSPS) is 19.0. The maximum atomic E-state index is 12.9. The number of amides is 3. The van der Waals surface area contributed by atoms with Gasteiger partial charge in [0.1, 0.15) is 11.0 Å². The van der Waals surface area contributed by atoms with E-state index in [1.165, 1.54) is 17.3 Å². The van der Waals surface area contributed by atoms with E-state index >= 15 is 0 Å². The number of rotatable bonds is 6. The molecule has 0 aliphatic carbocycles. The van der Waals surface area contributed by atoms with E-state index in [2.05, 4.69) is 44.4 Å². The highest BCUT2D eigenvalue weighted by atomic mass is 35.5. The minimum atomic E-state index is -0.284. The second-order valence-corrected chi connectivity index (χ2v) is 12.3. The van der Waals surface area contributed by atoms with E-state index in [1.54, 1.807) is 6.07 Å². The maximum absolute atomic E-state index is 12.9. The molecule has 2 aromatic rings. The molecule has 3 amide bonds. The van der Waals surface area contributed by atoms with Gasteiger partial charge in [-0.25, -0.2) is 14.8 Å². The molecule has 9 nitrogen and oxygen atoms in total. The van der Waals surface area contributed by atoms with Crippen LogP contribution in [0.15, 0.2) is 41.6 Å². The van der Waals surface area contributed by atoms with E-state index in [0.717, 1.165) is 38.5 Å². The zero-order chi connectivity index (χ0) is 27.3. The molecule has 1 aromatic heterocycles. The Morgan fingerprint density at radius 1 is 1.05 bits per heavy atom. The highest BCUT2D eigenvalue weighted by Gasteiger charge is 2.30. The van der Waals surface area contributed by atoms with Crippen molar-refractivity contribution in [3.8, 4) is 0 Å². The predicted octanol–water partition coefficient (Wildman–Crippen LogP) is 3.59. The molecule has 0 bridgehead atoms. The number of benzene rings is 1. The number of piperazine rings is 2. The monoisotopic (exact) mass is 559 g/mol. The van der Waals surface area contributed by atoms with Crippen molar-refractivity contribution in [2.75, 3.05) is 56.5 Å². The van der Waals surface area contributed by atoms with Crippen LogP contribution in [0.5, 0.6) is 0 Å². The number of urea groups is 1. The molecular formula is C27H38ClN7O2S. The molecule has 2 aliphatic heterocycles. The van der Waals surface area contributed by atoms with Gasteiger partial charge in [0, 0.05) is 70.0 Å². The number of aromatic nitrogens is 2. The summed E-state index contributed by atoms with van der Waals surface area (Å²) in [5, 5.41) is 3.88. The number of anilines is 1. The van der Waals surface area contributed by atoms with Crippen molar-refractivity contribution in [1.29, 1.82) is 0 Å². The predicted molar refractivity (Wildman–Crippen MR) is 153 cm³/mol. The SMILES string of the molecule is C[C@H]1CN(c2cc(Cl)nc(SCC(=O)N3CCN(Cc4ccccc4)CC3)n2)CCN1C(=O)NC(C)(C)C. The lowest BCUT2D eigenvalue weighted by molar-refractivity contribution is -0.130. The summed E-state index contributed by atoms with van der Waals surface area (Å²) in [5.41, 5.74) is 1.01. The number of nitrogens with one attached hydrogen (secondary N) is 1. The molecule has 3 heterocycles. The van der Waals surface area contributed by atoms with Crippen LogP contribution in [0.2, 0.25) is 5.15 Å². The van der Waals surface area contributed by atoms with Gasteiger partial charge in [0.25, 0.3) is 0 Å². The molecule has 4 rings (SSSR count). The van der Waals surface area contributed by atoms with Gasteiger partial charge in [-0.3, -0.25) is 9.69 Å². The van der Waals surface area contributed by atoms with Crippen LogP contribution in [0.3, 0.4) is 0 Å². The van der Waals surface area contributed by atoms with Gasteiger partial charge in [-0.1, -0.05) is 53.7 Å². The van der Waals surface area contributed by atoms with Gasteiger partial charge in [0.2, 0.25) is 5.91 Å². The van der Waals surface area contributed by atoms with Crippen molar-refractivity contribution in [3.63, 3.8) is 0 Å². The Balaban J connectivity index is 1.27. The standard InChI is InChI=1S/C27H38ClN7O2S/c1-20-17-34(14-15-35(20)26(37)31-27(2,3)4)23-16-22(28)29-25(30-23)38-19-24(36)33-12-10-32(11-13-33)18-21-8-6-5-7-9-21/h5-9,16,20H,10-15,17-19H2,1-4H3,(H,31,37)/t20-/m0/s1. The van der Waals surface area contributed by atoms with Crippen molar-refractivity contribution in [1.82, 2.24) is 30.0 Å². The summed E-state index contributed by atoms with van der Waals surface area (Å²) in [7, 11) is 0. The second-order valence-electron chi connectivity index (χ2n) is 10.9. The Morgan fingerprint density at radius 2 is 1.76 bits per heavy atom. The van der Waals surface area contributed by atoms with E-state index in [4.69, 9.17) is 16.6 Å². The van der Waals surface area contributed by atoms with Crippen molar-refractivity contribution in [2.24, 2.45) is 0 Å². The zero-order valence-corrected chi connectivity index (χ0v) is 24.3. The Labute approximate surface area is 234 Å². The van der Waals surface area contributed by atoms with Crippen LogP contribution in [0.4, 0.5) is 10.6 Å². The summed E-state index contributed by atoms with van der Waals surface area (Å²) >= 11 is 7.66.